The molecule has 0 spiro atoms. The maximum absolute atomic E-state index is 12.8. The number of nitrogens with one attached hydrogen (secondary N) is 3. The Hall–Kier alpha value is -3.53. The van der Waals surface area contributed by atoms with Crippen molar-refractivity contribution in [3.63, 3.8) is 0 Å². The van der Waals surface area contributed by atoms with Crippen molar-refractivity contribution in [3.05, 3.63) is 36.4 Å². The van der Waals surface area contributed by atoms with Gasteiger partial charge in [0.1, 0.15) is 11.6 Å². The van der Waals surface area contributed by atoms with Crippen LogP contribution in [0.3, 0.4) is 0 Å². The van der Waals surface area contributed by atoms with Gasteiger partial charge >= 0.3 is 11.8 Å². The molecule has 4 rings (SSSR count). The van der Waals surface area contributed by atoms with Gasteiger partial charge in [0.2, 0.25) is 5.91 Å². The number of piperazine rings is 1. The highest BCUT2D eigenvalue weighted by atomic mass is 16.2. The van der Waals surface area contributed by atoms with E-state index in [4.69, 9.17) is 0 Å². The van der Waals surface area contributed by atoms with Crippen LogP contribution >= 0.6 is 0 Å². The fourth-order valence-corrected chi connectivity index (χ4v) is 4.62. The summed E-state index contributed by atoms with van der Waals surface area (Å²) in [6.45, 7) is 5.04. The Morgan fingerprint density at radius 1 is 0.943 bits per heavy atom. The summed E-state index contributed by atoms with van der Waals surface area (Å²) in [5.41, 5.74) is 0.780. The highest BCUT2D eigenvalue weighted by Gasteiger charge is 2.30. The first-order chi connectivity index (χ1) is 17.0. The molecule has 2 heterocycles. The van der Waals surface area contributed by atoms with Gasteiger partial charge in [-0.1, -0.05) is 43.2 Å². The normalized spacial score (nSPS) is 16.7. The quantitative estimate of drug-likeness (QED) is 0.409. The zero-order valence-corrected chi connectivity index (χ0v) is 20.1. The summed E-state index contributed by atoms with van der Waals surface area (Å²) in [4.78, 5) is 49.8. The molecular formula is C25H33N7O3. The first-order valence-corrected chi connectivity index (χ1v) is 12.3. The number of hydrogen-bond donors (Lipinski definition) is 3. The summed E-state index contributed by atoms with van der Waals surface area (Å²) >= 11 is 0. The fraction of sp³-hybridized carbons (Fsp3) is 0.480. The Bertz CT molecular complexity index is 1030. The first-order valence-electron chi connectivity index (χ1n) is 12.3. The van der Waals surface area contributed by atoms with Crippen LogP contribution in [0.25, 0.3) is 11.4 Å². The second-order valence-corrected chi connectivity index (χ2v) is 8.96. The Balaban J connectivity index is 1.40. The average molecular weight is 480 g/mol. The maximum atomic E-state index is 12.8. The molecule has 3 amide bonds. The van der Waals surface area contributed by atoms with Crippen LogP contribution < -0.4 is 16.0 Å². The molecule has 10 heteroatoms. The predicted octanol–water partition coefficient (Wildman–Crippen LogP) is 1.72. The van der Waals surface area contributed by atoms with Crippen molar-refractivity contribution in [2.75, 3.05) is 49.9 Å². The van der Waals surface area contributed by atoms with Crippen LogP contribution in [0, 0.1) is 0 Å². The lowest BCUT2D eigenvalue weighted by molar-refractivity contribution is -0.144. The first kappa shape index (κ1) is 24.6. The molecule has 3 N–H and O–H groups in total. The van der Waals surface area contributed by atoms with E-state index in [1.807, 2.05) is 30.3 Å². The summed E-state index contributed by atoms with van der Waals surface area (Å²) in [5, 5.41) is 8.50. The van der Waals surface area contributed by atoms with Gasteiger partial charge in [-0.25, -0.2) is 9.97 Å². The van der Waals surface area contributed by atoms with Gasteiger partial charge in [-0.3, -0.25) is 19.3 Å². The van der Waals surface area contributed by atoms with Crippen LogP contribution in [0.5, 0.6) is 0 Å². The van der Waals surface area contributed by atoms with Crippen LogP contribution in [0.2, 0.25) is 0 Å². The number of amides is 3. The fourth-order valence-electron chi connectivity index (χ4n) is 4.62. The lowest BCUT2D eigenvalue weighted by atomic mass is 10.2. The third kappa shape index (κ3) is 6.75. The van der Waals surface area contributed by atoms with E-state index in [0.717, 1.165) is 18.7 Å². The van der Waals surface area contributed by atoms with Crippen LogP contribution in [0.1, 0.15) is 32.6 Å². The van der Waals surface area contributed by atoms with Gasteiger partial charge in [-0.05, 0) is 12.8 Å². The van der Waals surface area contributed by atoms with E-state index in [-0.39, 0.29) is 11.7 Å². The van der Waals surface area contributed by atoms with E-state index in [0.29, 0.717) is 43.9 Å². The third-order valence-electron chi connectivity index (χ3n) is 6.44. The molecule has 2 aromatic rings. The molecule has 10 nitrogen and oxygen atoms in total. The van der Waals surface area contributed by atoms with Crippen LogP contribution in [0.4, 0.5) is 11.6 Å². The smallest absolute Gasteiger partial charge is 0.315 e. The van der Waals surface area contributed by atoms with E-state index in [2.05, 4.69) is 30.8 Å². The second-order valence-electron chi connectivity index (χ2n) is 8.96. The molecule has 0 radical (unpaired) electrons. The molecule has 0 bridgehead atoms. The average Bonchev–Trinajstić information content (AvgIpc) is 3.42. The summed E-state index contributed by atoms with van der Waals surface area (Å²) in [5.74, 6) is -0.226. The van der Waals surface area contributed by atoms with Gasteiger partial charge in [0.05, 0.1) is 0 Å². The lowest BCUT2D eigenvalue weighted by Crippen LogP contribution is -2.53. The highest BCUT2D eigenvalue weighted by molar-refractivity contribution is 6.39. The highest BCUT2D eigenvalue weighted by Crippen LogP contribution is 2.24. The van der Waals surface area contributed by atoms with Crippen molar-refractivity contribution < 1.29 is 14.4 Å². The molecule has 186 valence electrons. The van der Waals surface area contributed by atoms with Crippen LogP contribution in [0.15, 0.2) is 36.4 Å². The summed E-state index contributed by atoms with van der Waals surface area (Å²) in [7, 11) is 0. The molecule has 1 aliphatic carbocycles. The number of carbonyl (C=O) groups excluding carboxylic acids is 3. The summed E-state index contributed by atoms with van der Waals surface area (Å²) in [6.07, 6.45) is 5.01. The summed E-state index contributed by atoms with van der Waals surface area (Å²) in [6, 6.07) is 11.6. The van der Waals surface area contributed by atoms with E-state index in [9.17, 15) is 14.4 Å². The molecule has 1 aromatic carbocycles. The van der Waals surface area contributed by atoms with Crippen molar-refractivity contribution in [2.45, 2.75) is 38.6 Å². The second kappa shape index (κ2) is 11.7. The number of benzene rings is 1. The molecule has 0 atom stereocenters. The molecular weight excluding hydrogens is 446 g/mol. The largest absolute Gasteiger partial charge is 0.368 e. The Kier molecular flexibility index (Phi) is 8.25. The van der Waals surface area contributed by atoms with Crippen LogP contribution in [-0.2, 0) is 14.4 Å². The SMILES string of the molecule is CC(=O)NCCNc1cc(NC(=O)C(=O)N2CCN(C3CCCC3)CC2)nc(-c2ccccc2)n1. The van der Waals surface area contributed by atoms with Gasteiger partial charge in [0, 0.05) is 63.9 Å². The number of carbonyl (C=O) groups is 3. The topological polar surface area (TPSA) is 120 Å². The van der Waals surface area contributed by atoms with Crippen molar-refractivity contribution in [1.29, 1.82) is 0 Å². The summed E-state index contributed by atoms with van der Waals surface area (Å²) < 4.78 is 0. The van der Waals surface area contributed by atoms with E-state index in [1.54, 1.807) is 11.0 Å². The van der Waals surface area contributed by atoms with E-state index >= 15 is 0 Å². The number of rotatable bonds is 7. The van der Waals surface area contributed by atoms with Crippen molar-refractivity contribution in [2.24, 2.45) is 0 Å². The molecule has 1 saturated heterocycles. The number of anilines is 2. The minimum Gasteiger partial charge on any atom is -0.368 e. The molecule has 35 heavy (non-hydrogen) atoms. The molecule has 2 fully saturated rings. The van der Waals surface area contributed by atoms with E-state index < -0.39 is 11.8 Å². The predicted molar refractivity (Wildman–Crippen MR) is 134 cm³/mol. The zero-order valence-electron chi connectivity index (χ0n) is 20.1. The molecule has 1 saturated carbocycles. The van der Waals surface area contributed by atoms with Crippen LogP contribution in [-0.4, -0.2) is 82.8 Å². The van der Waals surface area contributed by atoms with Gasteiger partial charge < -0.3 is 20.9 Å². The van der Waals surface area contributed by atoms with Gasteiger partial charge in [-0.15, -0.1) is 0 Å². The monoisotopic (exact) mass is 479 g/mol. The minimum absolute atomic E-state index is 0.116. The third-order valence-corrected chi connectivity index (χ3v) is 6.44. The molecule has 1 aromatic heterocycles. The molecule has 0 unspecified atom stereocenters. The van der Waals surface area contributed by atoms with Crippen molar-refractivity contribution in [3.8, 4) is 11.4 Å². The molecule has 2 aliphatic rings. The van der Waals surface area contributed by atoms with Gasteiger partial charge in [0.25, 0.3) is 0 Å². The zero-order chi connectivity index (χ0) is 24.6. The Morgan fingerprint density at radius 2 is 1.63 bits per heavy atom. The van der Waals surface area contributed by atoms with Gasteiger partial charge in [-0.2, -0.15) is 0 Å². The van der Waals surface area contributed by atoms with Crippen molar-refractivity contribution in [1.82, 2.24) is 25.1 Å². The van der Waals surface area contributed by atoms with Crippen molar-refractivity contribution >= 4 is 29.4 Å². The van der Waals surface area contributed by atoms with E-state index in [1.165, 1.54) is 32.6 Å². The number of hydrogen-bond acceptors (Lipinski definition) is 7. The standard InChI is InChI=1S/C25H33N7O3/c1-18(33)26-11-12-27-21-17-22(29-23(28-21)19-7-3-2-4-8-19)30-24(34)25(35)32-15-13-31(14-16-32)20-9-5-6-10-20/h2-4,7-8,17,20H,5-6,9-16H2,1H3,(H,26,33)(H2,27,28,29,30,34). The van der Waals surface area contributed by atoms with Gasteiger partial charge in [0.15, 0.2) is 5.82 Å². The Morgan fingerprint density at radius 3 is 2.31 bits per heavy atom. The lowest BCUT2D eigenvalue weighted by Gasteiger charge is -2.37. The maximum Gasteiger partial charge on any atom is 0.315 e. The Labute approximate surface area is 205 Å². The molecule has 1 aliphatic heterocycles. The minimum atomic E-state index is -0.707. The number of nitrogens with zero attached hydrogens (tertiary/aromatic N) is 4. The number of aromatic nitrogens is 2.